The van der Waals surface area contributed by atoms with Gasteiger partial charge in [0.1, 0.15) is 17.4 Å². The van der Waals surface area contributed by atoms with Crippen molar-refractivity contribution >= 4 is 33.7 Å². The number of benzene rings is 2. The number of aromatic amines is 1. The van der Waals surface area contributed by atoms with Crippen molar-refractivity contribution in [1.29, 1.82) is 0 Å². The Bertz CT molecular complexity index is 1550. The summed E-state index contributed by atoms with van der Waals surface area (Å²) in [5.74, 6) is -0.356. The number of aromatic nitrogens is 1. The SMILES string of the molecule is COC(=O)[C@@H]1Cc2c([nH]c3ccccc23)CN1C(=O)COc1cc(C)cc2oc(=O)c(C)c(C)c12. The van der Waals surface area contributed by atoms with E-state index in [0.29, 0.717) is 28.7 Å². The quantitative estimate of drug-likeness (QED) is 0.357. The molecule has 0 unspecified atom stereocenters. The predicted molar refractivity (Wildman–Crippen MR) is 131 cm³/mol. The lowest BCUT2D eigenvalue weighted by Crippen LogP contribution is -2.50. The number of H-pyrrole nitrogens is 1. The van der Waals surface area contributed by atoms with Crippen molar-refractivity contribution in [2.45, 2.75) is 39.8 Å². The Balaban J connectivity index is 1.46. The van der Waals surface area contributed by atoms with Crippen LogP contribution in [0, 0.1) is 20.8 Å². The summed E-state index contributed by atoms with van der Waals surface area (Å²) in [6, 6.07) is 10.7. The summed E-state index contributed by atoms with van der Waals surface area (Å²) >= 11 is 0. The summed E-state index contributed by atoms with van der Waals surface area (Å²) in [7, 11) is 1.32. The van der Waals surface area contributed by atoms with E-state index in [-0.39, 0.29) is 19.1 Å². The number of aryl methyl sites for hydroxylation is 2. The molecule has 3 heterocycles. The number of hydrogen-bond donors (Lipinski definition) is 1. The molecule has 0 fully saturated rings. The summed E-state index contributed by atoms with van der Waals surface area (Å²) in [6.45, 7) is 5.35. The molecule has 180 valence electrons. The van der Waals surface area contributed by atoms with Gasteiger partial charge in [-0.05, 0) is 55.7 Å². The highest BCUT2D eigenvalue weighted by atomic mass is 16.5. The number of carbonyl (C=O) groups excluding carboxylic acids is 2. The van der Waals surface area contributed by atoms with Crippen LogP contribution in [0.15, 0.2) is 45.6 Å². The molecule has 0 aliphatic carbocycles. The first-order chi connectivity index (χ1) is 16.8. The second kappa shape index (κ2) is 8.61. The van der Waals surface area contributed by atoms with Gasteiger partial charge in [0, 0.05) is 28.6 Å². The van der Waals surface area contributed by atoms with Crippen LogP contribution in [0.25, 0.3) is 21.9 Å². The van der Waals surface area contributed by atoms with Gasteiger partial charge in [0.2, 0.25) is 0 Å². The van der Waals surface area contributed by atoms with E-state index in [4.69, 9.17) is 13.9 Å². The molecule has 1 atom stereocenters. The second-order valence-electron chi connectivity index (χ2n) is 8.96. The highest BCUT2D eigenvalue weighted by molar-refractivity contribution is 5.91. The molecule has 0 spiro atoms. The normalized spacial score (nSPS) is 15.3. The molecule has 0 saturated carbocycles. The zero-order chi connectivity index (χ0) is 24.9. The van der Waals surface area contributed by atoms with E-state index in [9.17, 15) is 14.4 Å². The fraction of sp³-hybridized carbons (Fsp3) is 0.296. The fourth-order valence-electron chi connectivity index (χ4n) is 4.84. The summed E-state index contributed by atoms with van der Waals surface area (Å²) in [4.78, 5) is 43.0. The minimum atomic E-state index is -0.751. The van der Waals surface area contributed by atoms with Crippen LogP contribution < -0.4 is 10.4 Å². The van der Waals surface area contributed by atoms with Crippen molar-refractivity contribution in [2.75, 3.05) is 13.7 Å². The number of carbonyl (C=O) groups is 2. The summed E-state index contributed by atoms with van der Waals surface area (Å²) in [6.07, 6.45) is 0.356. The lowest BCUT2D eigenvalue weighted by Gasteiger charge is -2.33. The monoisotopic (exact) mass is 474 g/mol. The third kappa shape index (κ3) is 3.84. The molecule has 1 N–H and O–H groups in total. The number of methoxy groups -OCH3 is 1. The van der Waals surface area contributed by atoms with Crippen LogP contribution in [0.4, 0.5) is 0 Å². The first-order valence-corrected chi connectivity index (χ1v) is 11.4. The Kier molecular flexibility index (Phi) is 5.59. The van der Waals surface area contributed by atoms with Gasteiger partial charge in [-0.3, -0.25) is 4.79 Å². The number of fused-ring (bicyclic) bond motifs is 4. The average Bonchev–Trinajstić information content (AvgIpc) is 3.21. The molecule has 0 bridgehead atoms. The van der Waals surface area contributed by atoms with Gasteiger partial charge in [-0.25, -0.2) is 9.59 Å². The predicted octanol–water partition coefficient (Wildman–Crippen LogP) is 3.70. The van der Waals surface area contributed by atoms with Gasteiger partial charge >= 0.3 is 11.6 Å². The van der Waals surface area contributed by atoms with Gasteiger partial charge in [0.15, 0.2) is 6.61 Å². The number of nitrogens with zero attached hydrogens (tertiary/aromatic N) is 1. The number of amides is 1. The third-order valence-electron chi connectivity index (χ3n) is 6.81. The minimum absolute atomic E-state index is 0.244. The molecule has 8 nitrogen and oxygen atoms in total. The number of ether oxygens (including phenoxy) is 2. The van der Waals surface area contributed by atoms with E-state index in [2.05, 4.69) is 4.98 Å². The largest absolute Gasteiger partial charge is 0.483 e. The van der Waals surface area contributed by atoms with Crippen molar-refractivity contribution in [1.82, 2.24) is 9.88 Å². The summed E-state index contributed by atoms with van der Waals surface area (Å²) in [5, 5.41) is 1.69. The van der Waals surface area contributed by atoms with Gasteiger partial charge in [-0.15, -0.1) is 0 Å². The second-order valence-corrected chi connectivity index (χ2v) is 8.96. The molecule has 2 aromatic heterocycles. The van der Waals surface area contributed by atoms with Gasteiger partial charge in [-0.2, -0.15) is 0 Å². The molecule has 1 amide bonds. The molecular formula is C27H26N2O6. The first kappa shape index (κ1) is 22.7. The Morgan fingerprint density at radius 3 is 2.69 bits per heavy atom. The van der Waals surface area contributed by atoms with Gasteiger partial charge < -0.3 is 23.8 Å². The van der Waals surface area contributed by atoms with Gasteiger partial charge in [0.25, 0.3) is 5.91 Å². The van der Waals surface area contributed by atoms with E-state index in [1.54, 1.807) is 13.0 Å². The molecule has 0 saturated heterocycles. The van der Waals surface area contributed by atoms with E-state index < -0.39 is 17.6 Å². The minimum Gasteiger partial charge on any atom is -0.483 e. The van der Waals surface area contributed by atoms with Crippen molar-refractivity contribution in [3.63, 3.8) is 0 Å². The maximum atomic E-state index is 13.4. The maximum absolute atomic E-state index is 13.4. The molecule has 8 heteroatoms. The smallest absolute Gasteiger partial charge is 0.339 e. The maximum Gasteiger partial charge on any atom is 0.339 e. The molecule has 1 aliphatic heterocycles. The van der Waals surface area contributed by atoms with Crippen LogP contribution in [0.3, 0.4) is 0 Å². The van der Waals surface area contributed by atoms with Crippen LogP contribution in [0.5, 0.6) is 5.75 Å². The Morgan fingerprint density at radius 2 is 1.91 bits per heavy atom. The standard InChI is InChI=1S/C27H26N2O6/c1-14-9-22(25-15(2)16(3)26(31)35-23(25)10-14)34-13-24(30)29-12-20-18(11-21(29)27(32)33-4)17-7-5-6-8-19(17)28-20/h5-10,21,28H,11-13H2,1-4H3/t21-/m0/s1. The number of hydrogen-bond acceptors (Lipinski definition) is 6. The van der Waals surface area contributed by atoms with E-state index >= 15 is 0 Å². The van der Waals surface area contributed by atoms with Crippen LogP contribution >= 0.6 is 0 Å². The van der Waals surface area contributed by atoms with Crippen LogP contribution in [-0.2, 0) is 27.3 Å². The molecule has 0 radical (unpaired) electrons. The highest BCUT2D eigenvalue weighted by Crippen LogP contribution is 2.33. The molecule has 4 aromatic rings. The number of rotatable bonds is 4. The lowest BCUT2D eigenvalue weighted by atomic mass is 9.96. The topological polar surface area (TPSA) is 102 Å². The zero-order valence-corrected chi connectivity index (χ0v) is 20.1. The van der Waals surface area contributed by atoms with Gasteiger partial charge in [0.05, 0.1) is 19.0 Å². The highest BCUT2D eigenvalue weighted by Gasteiger charge is 2.37. The number of para-hydroxylation sites is 1. The van der Waals surface area contributed by atoms with Crippen molar-refractivity contribution in [3.05, 3.63) is 74.8 Å². The van der Waals surface area contributed by atoms with E-state index in [1.165, 1.54) is 12.0 Å². The number of esters is 1. The zero-order valence-electron chi connectivity index (χ0n) is 20.1. The van der Waals surface area contributed by atoms with E-state index in [1.807, 2.05) is 44.2 Å². The van der Waals surface area contributed by atoms with Crippen molar-refractivity contribution < 1.29 is 23.5 Å². The summed E-state index contributed by atoms with van der Waals surface area (Å²) in [5.41, 5.74) is 4.96. The third-order valence-corrected chi connectivity index (χ3v) is 6.81. The van der Waals surface area contributed by atoms with Gasteiger partial charge in [-0.1, -0.05) is 18.2 Å². The molecule has 2 aromatic carbocycles. The van der Waals surface area contributed by atoms with Crippen LogP contribution in [0.2, 0.25) is 0 Å². The van der Waals surface area contributed by atoms with Crippen molar-refractivity contribution in [2.24, 2.45) is 0 Å². The molecule has 35 heavy (non-hydrogen) atoms. The van der Waals surface area contributed by atoms with Crippen LogP contribution in [0.1, 0.15) is 27.9 Å². The molecular weight excluding hydrogens is 448 g/mol. The van der Waals surface area contributed by atoms with Crippen LogP contribution in [-0.4, -0.2) is 41.5 Å². The van der Waals surface area contributed by atoms with E-state index in [0.717, 1.165) is 33.3 Å². The number of nitrogens with one attached hydrogen (secondary N) is 1. The lowest BCUT2D eigenvalue weighted by molar-refractivity contribution is -0.154. The Morgan fingerprint density at radius 1 is 1.14 bits per heavy atom. The fourth-order valence-corrected chi connectivity index (χ4v) is 4.84. The summed E-state index contributed by atoms with van der Waals surface area (Å²) < 4.78 is 16.5. The molecule has 5 rings (SSSR count). The first-order valence-electron chi connectivity index (χ1n) is 11.4. The Hall–Kier alpha value is -4.07. The average molecular weight is 475 g/mol. The Labute approximate surface area is 201 Å². The van der Waals surface area contributed by atoms with Crippen molar-refractivity contribution in [3.8, 4) is 5.75 Å². The molecule has 1 aliphatic rings.